The van der Waals surface area contributed by atoms with Crippen LogP contribution in [0.1, 0.15) is 0 Å². The van der Waals surface area contributed by atoms with Crippen LogP contribution in [0.5, 0.6) is 0 Å². The standard InChI is InChI=1S/C12H6Cl4OP/c13-7-1-3-11(9(15)5-7)18(17)12-4-2-8(14)6-10(12)16/h1-6H/q+1. The molecule has 0 aliphatic rings. The highest BCUT2D eigenvalue weighted by atomic mass is 35.5. The Morgan fingerprint density at radius 3 is 1.44 bits per heavy atom. The predicted molar refractivity (Wildman–Crippen MR) is 79.8 cm³/mol. The molecule has 0 N–H and O–H groups in total. The van der Waals surface area contributed by atoms with Gasteiger partial charge in [0, 0.05) is 10.0 Å². The monoisotopic (exact) mass is 337 g/mol. The molecule has 0 aliphatic carbocycles. The Bertz CT molecular complexity index is 574. The van der Waals surface area contributed by atoms with Crippen molar-refractivity contribution in [1.29, 1.82) is 0 Å². The van der Waals surface area contributed by atoms with Crippen molar-refractivity contribution in [2.45, 2.75) is 0 Å². The van der Waals surface area contributed by atoms with Gasteiger partial charge in [-0.2, -0.15) is 0 Å². The van der Waals surface area contributed by atoms with Crippen molar-refractivity contribution in [2.24, 2.45) is 0 Å². The summed E-state index contributed by atoms with van der Waals surface area (Å²) < 4.78 is 12.4. The normalized spacial score (nSPS) is 10.4. The molecule has 0 radical (unpaired) electrons. The minimum atomic E-state index is -1.87. The van der Waals surface area contributed by atoms with Gasteiger partial charge in [0.05, 0.1) is 10.0 Å². The van der Waals surface area contributed by atoms with Crippen molar-refractivity contribution in [1.82, 2.24) is 0 Å². The van der Waals surface area contributed by atoms with Crippen LogP contribution >= 0.6 is 54.2 Å². The lowest BCUT2D eigenvalue weighted by atomic mass is 10.3. The van der Waals surface area contributed by atoms with Crippen molar-refractivity contribution >= 4 is 64.8 Å². The Labute approximate surface area is 125 Å². The maximum absolute atomic E-state index is 12.4. The van der Waals surface area contributed by atoms with E-state index in [1.54, 1.807) is 36.4 Å². The Kier molecular flexibility index (Phi) is 4.53. The summed E-state index contributed by atoms with van der Waals surface area (Å²) in [5, 5.41) is 2.70. The van der Waals surface area contributed by atoms with E-state index in [4.69, 9.17) is 46.4 Å². The summed E-state index contributed by atoms with van der Waals surface area (Å²) in [6, 6.07) is 9.65. The second kappa shape index (κ2) is 5.77. The van der Waals surface area contributed by atoms with Gasteiger partial charge in [-0.25, -0.2) is 0 Å². The smallest absolute Gasteiger partial charge is 0.0843 e. The van der Waals surface area contributed by atoms with Gasteiger partial charge < -0.3 is 0 Å². The average Bonchev–Trinajstić information content (AvgIpc) is 2.28. The summed E-state index contributed by atoms with van der Waals surface area (Å²) in [7, 11) is -1.87. The molecule has 0 heterocycles. The van der Waals surface area contributed by atoms with Crippen molar-refractivity contribution in [3.05, 3.63) is 56.5 Å². The molecule has 0 saturated heterocycles. The van der Waals surface area contributed by atoms with Gasteiger partial charge in [-0.1, -0.05) is 51.0 Å². The van der Waals surface area contributed by atoms with E-state index in [0.29, 0.717) is 30.7 Å². The molecule has 0 saturated carbocycles. The molecule has 6 heteroatoms. The van der Waals surface area contributed by atoms with Gasteiger partial charge in [0.25, 0.3) is 0 Å². The van der Waals surface area contributed by atoms with Crippen LogP contribution in [0.4, 0.5) is 0 Å². The van der Waals surface area contributed by atoms with E-state index in [1.165, 1.54) is 0 Å². The third-order valence-electron chi connectivity index (χ3n) is 2.26. The molecule has 0 unspecified atom stereocenters. The zero-order valence-corrected chi connectivity index (χ0v) is 12.7. The van der Waals surface area contributed by atoms with Crippen LogP contribution in [0.15, 0.2) is 36.4 Å². The van der Waals surface area contributed by atoms with E-state index in [1.807, 2.05) is 0 Å². The van der Waals surface area contributed by atoms with Crippen LogP contribution in [0, 0.1) is 0 Å². The number of halogens is 4. The molecular formula is C12H6Cl4OP+. The number of benzene rings is 2. The fraction of sp³-hybridized carbons (Fsp3) is 0. The zero-order valence-electron chi connectivity index (χ0n) is 8.83. The zero-order chi connectivity index (χ0) is 13.3. The van der Waals surface area contributed by atoms with E-state index in [-0.39, 0.29) is 0 Å². The number of hydrogen-bond acceptors (Lipinski definition) is 1. The van der Waals surface area contributed by atoms with E-state index >= 15 is 0 Å². The second-order valence-corrected chi connectivity index (χ2v) is 6.73. The molecule has 2 rings (SSSR count). The summed E-state index contributed by atoms with van der Waals surface area (Å²) in [4.78, 5) is 0. The van der Waals surface area contributed by atoms with E-state index in [0.717, 1.165) is 0 Å². The third kappa shape index (κ3) is 2.99. The topological polar surface area (TPSA) is 17.1 Å². The maximum Gasteiger partial charge on any atom is 0.418 e. The number of rotatable bonds is 2. The molecule has 92 valence electrons. The molecule has 0 aromatic heterocycles. The van der Waals surface area contributed by atoms with Gasteiger partial charge in [-0.3, -0.25) is 0 Å². The van der Waals surface area contributed by atoms with Crippen molar-refractivity contribution in [2.75, 3.05) is 0 Å². The molecule has 2 aromatic rings. The van der Waals surface area contributed by atoms with Gasteiger partial charge in [0.1, 0.15) is 0 Å². The van der Waals surface area contributed by atoms with Crippen LogP contribution in [0.25, 0.3) is 0 Å². The van der Waals surface area contributed by atoms with E-state index in [2.05, 4.69) is 0 Å². The Morgan fingerprint density at radius 2 is 1.11 bits per heavy atom. The summed E-state index contributed by atoms with van der Waals surface area (Å²) in [6.07, 6.45) is 0. The minimum absolute atomic E-state index is 0.356. The predicted octanol–water partition coefficient (Wildman–Crippen LogP) is 5.08. The SMILES string of the molecule is O=[P+](c1ccc(Cl)cc1Cl)c1ccc(Cl)cc1Cl. The molecule has 0 aliphatic heterocycles. The molecule has 2 aromatic carbocycles. The summed E-state index contributed by atoms with van der Waals surface area (Å²) in [5.74, 6) is 0. The van der Waals surface area contributed by atoms with Gasteiger partial charge >= 0.3 is 7.80 Å². The lowest BCUT2D eigenvalue weighted by Gasteiger charge is -1.97. The molecule has 0 atom stereocenters. The highest BCUT2D eigenvalue weighted by molar-refractivity contribution is 7.62. The first kappa shape index (κ1) is 14.1. The molecular weight excluding hydrogens is 333 g/mol. The fourth-order valence-electron chi connectivity index (χ4n) is 1.42. The lowest BCUT2D eigenvalue weighted by Crippen LogP contribution is -2.08. The van der Waals surface area contributed by atoms with Gasteiger partial charge in [-0.15, -0.1) is 0 Å². The van der Waals surface area contributed by atoms with Crippen LogP contribution in [0.2, 0.25) is 20.1 Å². The molecule has 0 fully saturated rings. The summed E-state index contributed by atoms with van der Waals surface area (Å²) >= 11 is 23.6. The first-order valence-electron chi connectivity index (χ1n) is 4.86. The Hall–Kier alpha value is -0.300. The van der Waals surface area contributed by atoms with Crippen LogP contribution < -0.4 is 10.6 Å². The first-order chi connectivity index (χ1) is 8.49. The second-order valence-electron chi connectivity index (χ2n) is 3.49. The Morgan fingerprint density at radius 1 is 0.722 bits per heavy atom. The quantitative estimate of drug-likeness (QED) is 0.698. The third-order valence-corrected chi connectivity index (χ3v) is 5.27. The van der Waals surface area contributed by atoms with Crippen molar-refractivity contribution < 1.29 is 4.57 Å². The molecule has 0 amide bonds. The van der Waals surface area contributed by atoms with Gasteiger partial charge in [-0.05, 0) is 36.4 Å². The van der Waals surface area contributed by atoms with Crippen LogP contribution in [-0.4, -0.2) is 0 Å². The summed E-state index contributed by atoms with van der Waals surface area (Å²) in [5.41, 5.74) is 0. The molecule has 1 nitrogen and oxygen atoms in total. The van der Waals surface area contributed by atoms with Crippen LogP contribution in [-0.2, 0) is 4.57 Å². The molecule has 0 bridgehead atoms. The average molecular weight is 339 g/mol. The maximum atomic E-state index is 12.4. The lowest BCUT2D eigenvalue weighted by molar-refractivity contribution is 0.598. The van der Waals surface area contributed by atoms with Crippen molar-refractivity contribution in [3.8, 4) is 0 Å². The van der Waals surface area contributed by atoms with Gasteiger partial charge in [0.2, 0.25) is 10.6 Å². The highest BCUT2D eigenvalue weighted by Crippen LogP contribution is 2.30. The minimum Gasteiger partial charge on any atom is -0.0843 e. The van der Waals surface area contributed by atoms with Gasteiger partial charge in [0.15, 0.2) is 0 Å². The van der Waals surface area contributed by atoms with E-state index in [9.17, 15) is 4.57 Å². The Balaban J connectivity index is 2.48. The summed E-state index contributed by atoms with van der Waals surface area (Å²) in [6.45, 7) is 0. The largest absolute Gasteiger partial charge is 0.418 e. The van der Waals surface area contributed by atoms with E-state index < -0.39 is 7.80 Å². The van der Waals surface area contributed by atoms with Crippen LogP contribution in [0.3, 0.4) is 0 Å². The molecule has 0 spiro atoms. The molecule has 18 heavy (non-hydrogen) atoms. The highest BCUT2D eigenvalue weighted by Gasteiger charge is 2.29. The first-order valence-corrected chi connectivity index (χ1v) is 7.63. The number of hydrogen-bond donors (Lipinski definition) is 0. The van der Waals surface area contributed by atoms with Crippen molar-refractivity contribution in [3.63, 3.8) is 0 Å². The fourth-order valence-corrected chi connectivity index (χ4v) is 3.90.